The van der Waals surface area contributed by atoms with Crippen LogP contribution in [0.3, 0.4) is 0 Å². The standard InChI is InChI=1S/C17H22N2O3/c1-17(2,3)22-16(20)19-9-8-13-12(10-19)11-6-5-7-14(21-4)15(11)18-13/h5-7,18H,8-10H2,1-4H3. The molecule has 2 heterocycles. The lowest BCUT2D eigenvalue weighted by molar-refractivity contribution is 0.0224. The molecule has 0 saturated heterocycles. The molecule has 0 saturated carbocycles. The smallest absolute Gasteiger partial charge is 0.410 e. The Morgan fingerprint density at radius 3 is 2.77 bits per heavy atom. The van der Waals surface area contributed by atoms with E-state index in [0.717, 1.165) is 28.6 Å². The second kappa shape index (κ2) is 5.23. The van der Waals surface area contributed by atoms with E-state index in [2.05, 4.69) is 11.1 Å². The van der Waals surface area contributed by atoms with Gasteiger partial charge in [-0.3, -0.25) is 0 Å². The van der Waals surface area contributed by atoms with E-state index in [9.17, 15) is 4.79 Å². The third-order valence-electron chi connectivity index (χ3n) is 3.84. The predicted octanol–water partition coefficient (Wildman–Crippen LogP) is 3.47. The molecule has 0 unspecified atom stereocenters. The lowest BCUT2D eigenvalue weighted by atomic mass is 10.0. The molecule has 5 nitrogen and oxygen atoms in total. The van der Waals surface area contributed by atoms with Crippen LogP contribution in [0.15, 0.2) is 18.2 Å². The Hall–Kier alpha value is -2.17. The van der Waals surface area contributed by atoms with Crippen LogP contribution in [-0.2, 0) is 17.7 Å². The van der Waals surface area contributed by atoms with Gasteiger partial charge >= 0.3 is 6.09 Å². The third kappa shape index (κ3) is 2.63. The summed E-state index contributed by atoms with van der Waals surface area (Å²) in [5, 5.41) is 1.11. The van der Waals surface area contributed by atoms with E-state index >= 15 is 0 Å². The minimum absolute atomic E-state index is 0.254. The van der Waals surface area contributed by atoms with E-state index in [0.29, 0.717) is 13.1 Å². The number of hydrogen-bond acceptors (Lipinski definition) is 3. The van der Waals surface area contributed by atoms with Gasteiger partial charge in [0.2, 0.25) is 0 Å². The Kier molecular flexibility index (Phi) is 3.51. The van der Waals surface area contributed by atoms with Gasteiger partial charge in [0.05, 0.1) is 19.2 Å². The number of amides is 1. The number of methoxy groups -OCH3 is 1. The summed E-state index contributed by atoms with van der Waals surface area (Å²) in [5.41, 5.74) is 2.87. The van der Waals surface area contributed by atoms with Crippen molar-refractivity contribution in [1.29, 1.82) is 0 Å². The molecule has 2 aromatic rings. The molecule has 0 aliphatic carbocycles. The molecular weight excluding hydrogens is 280 g/mol. The van der Waals surface area contributed by atoms with Crippen LogP contribution in [-0.4, -0.2) is 35.2 Å². The molecule has 0 fully saturated rings. The van der Waals surface area contributed by atoms with Crippen LogP contribution in [0, 0.1) is 0 Å². The Labute approximate surface area is 130 Å². The molecule has 1 aliphatic rings. The van der Waals surface area contributed by atoms with E-state index < -0.39 is 5.60 Å². The number of H-pyrrole nitrogens is 1. The van der Waals surface area contributed by atoms with Gasteiger partial charge in [-0.1, -0.05) is 12.1 Å². The van der Waals surface area contributed by atoms with Crippen LogP contribution < -0.4 is 4.74 Å². The number of hydrogen-bond donors (Lipinski definition) is 1. The minimum atomic E-state index is -0.471. The van der Waals surface area contributed by atoms with Gasteiger partial charge in [0.1, 0.15) is 11.4 Å². The average Bonchev–Trinajstić information content (AvgIpc) is 2.83. The number of rotatable bonds is 1. The summed E-state index contributed by atoms with van der Waals surface area (Å²) in [6.07, 6.45) is 0.544. The maximum absolute atomic E-state index is 12.3. The van der Waals surface area contributed by atoms with Crippen molar-refractivity contribution in [2.24, 2.45) is 0 Å². The predicted molar refractivity (Wildman–Crippen MR) is 85.2 cm³/mol. The van der Waals surface area contributed by atoms with E-state index in [1.807, 2.05) is 32.9 Å². The fourth-order valence-electron chi connectivity index (χ4n) is 2.86. The first kappa shape index (κ1) is 14.8. The number of nitrogens with zero attached hydrogens (tertiary/aromatic N) is 1. The first-order chi connectivity index (χ1) is 10.4. The molecule has 1 amide bonds. The Bertz CT molecular complexity index is 712. The van der Waals surface area contributed by atoms with Gasteiger partial charge in [-0.2, -0.15) is 0 Å². The number of carbonyl (C=O) groups is 1. The molecule has 1 aromatic carbocycles. The van der Waals surface area contributed by atoms with E-state index in [4.69, 9.17) is 9.47 Å². The van der Waals surface area contributed by atoms with Crippen LogP contribution in [0.25, 0.3) is 10.9 Å². The molecule has 0 bridgehead atoms. The van der Waals surface area contributed by atoms with E-state index in [1.54, 1.807) is 12.0 Å². The van der Waals surface area contributed by atoms with E-state index in [-0.39, 0.29) is 6.09 Å². The number of para-hydroxylation sites is 1. The highest BCUT2D eigenvalue weighted by Crippen LogP contribution is 2.33. The lowest BCUT2D eigenvalue weighted by Crippen LogP contribution is -2.39. The summed E-state index contributed by atoms with van der Waals surface area (Å²) < 4.78 is 10.9. The van der Waals surface area contributed by atoms with Gasteiger partial charge in [-0.25, -0.2) is 4.79 Å². The van der Waals surface area contributed by atoms with E-state index in [1.165, 1.54) is 5.69 Å². The highest BCUT2D eigenvalue weighted by atomic mass is 16.6. The van der Waals surface area contributed by atoms with Gasteiger partial charge in [-0.15, -0.1) is 0 Å². The number of aromatic amines is 1. The number of carbonyl (C=O) groups excluding carboxylic acids is 1. The molecule has 1 aromatic heterocycles. The summed E-state index contributed by atoms with van der Waals surface area (Å²) in [6, 6.07) is 5.98. The molecule has 0 spiro atoms. The maximum atomic E-state index is 12.3. The van der Waals surface area contributed by atoms with Crippen molar-refractivity contribution in [2.45, 2.75) is 39.3 Å². The van der Waals surface area contributed by atoms with Crippen LogP contribution in [0.5, 0.6) is 5.75 Å². The Morgan fingerprint density at radius 2 is 2.09 bits per heavy atom. The fraction of sp³-hybridized carbons (Fsp3) is 0.471. The molecule has 118 valence electrons. The number of nitrogens with one attached hydrogen (secondary N) is 1. The monoisotopic (exact) mass is 302 g/mol. The maximum Gasteiger partial charge on any atom is 0.410 e. The lowest BCUT2D eigenvalue weighted by Gasteiger charge is -2.30. The van der Waals surface area contributed by atoms with Crippen molar-refractivity contribution >= 4 is 17.0 Å². The van der Waals surface area contributed by atoms with Crippen molar-refractivity contribution in [3.63, 3.8) is 0 Å². The molecular formula is C17H22N2O3. The summed E-state index contributed by atoms with van der Waals surface area (Å²) in [5.74, 6) is 0.829. The second-order valence-corrected chi connectivity index (χ2v) is 6.62. The van der Waals surface area contributed by atoms with Gasteiger partial charge in [-0.05, 0) is 26.8 Å². The summed E-state index contributed by atoms with van der Waals surface area (Å²) in [7, 11) is 1.67. The number of ether oxygens (including phenoxy) is 2. The number of benzene rings is 1. The molecule has 1 N–H and O–H groups in total. The minimum Gasteiger partial charge on any atom is -0.495 e. The van der Waals surface area contributed by atoms with Crippen molar-refractivity contribution in [3.05, 3.63) is 29.5 Å². The molecule has 0 atom stereocenters. The molecule has 5 heteroatoms. The topological polar surface area (TPSA) is 54.6 Å². The van der Waals surface area contributed by atoms with Gasteiger partial charge in [0.15, 0.2) is 0 Å². The zero-order valence-electron chi connectivity index (χ0n) is 13.5. The van der Waals surface area contributed by atoms with Crippen LogP contribution in [0.2, 0.25) is 0 Å². The quantitative estimate of drug-likeness (QED) is 0.877. The first-order valence-corrected chi connectivity index (χ1v) is 7.53. The van der Waals surface area contributed by atoms with Crippen molar-refractivity contribution in [1.82, 2.24) is 9.88 Å². The third-order valence-corrected chi connectivity index (χ3v) is 3.84. The summed E-state index contributed by atoms with van der Waals surface area (Å²) in [6.45, 7) is 6.89. The average molecular weight is 302 g/mol. The zero-order chi connectivity index (χ0) is 15.9. The Morgan fingerprint density at radius 1 is 1.32 bits per heavy atom. The SMILES string of the molecule is COc1cccc2c3c([nH]c12)CCN(C(=O)OC(C)(C)C)C3. The summed E-state index contributed by atoms with van der Waals surface area (Å²) >= 11 is 0. The normalized spacial score (nSPS) is 14.8. The van der Waals surface area contributed by atoms with Crippen LogP contribution in [0.1, 0.15) is 32.0 Å². The van der Waals surface area contributed by atoms with Crippen molar-refractivity contribution in [2.75, 3.05) is 13.7 Å². The summed E-state index contributed by atoms with van der Waals surface area (Å²) in [4.78, 5) is 17.5. The zero-order valence-corrected chi connectivity index (χ0v) is 13.5. The fourth-order valence-corrected chi connectivity index (χ4v) is 2.86. The van der Waals surface area contributed by atoms with Gasteiger partial charge in [0.25, 0.3) is 0 Å². The highest BCUT2D eigenvalue weighted by Gasteiger charge is 2.28. The second-order valence-electron chi connectivity index (χ2n) is 6.62. The number of aromatic nitrogens is 1. The molecule has 22 heavy (non-hydrogen) atoms. The van der Waals surface area contributed by atoms with Crippen LogP contribution >= 0.6 is 0 Å². The highest BCUT2D eigenvalue weighted by molar-refractivity contribution is 5.90. The first-order valence-electron chi connectivity index (χ1n) is 7.53. The van der Waals surface area contributed by atoms with Crippen LogP contribution in [0.4, 0.5) is 4.79 Å². The number of fused-ring (bicyclic) bond motifs is 3. The Balaban J connectivity index is 1.91. The van der Waals surface area contributed by atoms with Gasteiger partial charge < -0.3 is 19.4 Å². The largest absolute Gasteiger partial charge is 0.495 e. The van der Waals surface area contributed by atoms with Crippen molar-refractivity contribution in [3.8, 4) is 5.75 Å². The van der Waals surface area contributed by atoms with Crippen molar-refractivity contribution < 1.29 is 14.3 Å². The molecule has 1 aliphatic heterocycles. The molecule has 0 radical (unpaired) electrons. The molecule has 3 rings (SSSR count). The van der Waals surface area contributed by atoms with Gasteiger partial charge in [0, 0.05) is 29.6 Å².